The van der Waals surface area contributed by atoms with E-state index in [2.05, 4.69) is 13.0 Å². The van der Waals surface area contributed by atoms with E-state index in [0.29, 0.717) is 5.57 Å². The highest BCUT2D eigenvalue weighted by Crippen LogP contribution is 2.30. The lowest BCUT2D eigenvalue weighted by Gasteiger charge is -2.17. The topological polar surface area (TPSA) is 46.5 Å². The number of hydrogen-bond donors (Lipinski definition) is 1. The number of rotatable bonds is 5. The van der Waals surface area contributed by atoms with Crippen molar-refractivity contribution in [2.45, 2.75) is 32.6 Å². The van der Waals surface area contributed by atoms with Crippen LogP contribution >= 0.6 is 0 Å². The Balaban J connectivity index is 1.97. The molecule has 1 aliphatic rings. The number of aldehydes is 1. The third-order valence-corrected chi connectivity index (χ3v) is 4.38. The molecule has 3 rings (SSSR count). The fraction of sp³-hybridized carbons (Fsp3) is 0.286. The van der Waals surface area contributed by atoms with Crippen LogP contribution in [-0.2, 0) is 17.6 Å². The molecule has 0 aliphatic heterocycles. The van der Waals surface area contributed by atoms with E-state index < -0.39 is 0 Å². The molecule has 0 saturated carbocycles. The van der Waals surface area contributed by atoms with Crippen LogP contribution in [0.4, 0.5) is 0 Å². The van der Waals surface area contributed by atoms with Gasteiger partial charge in [-0.1, -0.05) is 25.5 Å². The van der Waals surface area contributed by atoms with Crippen LogP contribution in [0.5, 0.6) is 11.5 Å². The SMILES string of the molecule is CCCCOc1ccc2c(c1)CCc1cc(O)ccc1/C(C=O)=C\2. The second kappa shape index (κ2) is 7.35. The second-order valence-corrected chi connectivity index (χ2v) is 6.12. The maximum absolute atomic E-state index is 11.6. The molecule has 124 valence electrons. The van der Waals surface area contributed by atoms with Gasteiger partial charge in [-0.3, -0.25) is 4.79 Å². The van der Waals surface area contributed by atoms with Crippen molar-refractivity contribution in [2.24, 2.45) is 0 Å². The molecule has 0 bridgehead atoms. The van der Waals surface area contributed by atoms with Gasteiger partial charge in [-0.15, -0.1) is 0 Å². The van der Waals surface area contributed by atoms with Gasteiger partial charge in [-0.25, -0.2) is 0 Å². The van der Waals surface area contributed by atoms with Gasteiger partial charge in [0.25, 0.3) is 0 Å². The van der Waals surface area contributed by atoms with Crippen molar-refractivity contribution in [3.8, 4) is 11.5 Å². The number of unbranched alkanes of at least 4 members (excludes halogenated alkanes) is 1. The van der Waals surface area contributed by atoms with Crippen LogP contribution in [0.2, 0.25) is 0 Å². The fourth-order valence-corrected chi connectivity index (χ4v) is 3.04. The molecule has 2 aromatic rings. The quantitative estimate of drug-likeness (QED) is 0.655. The number of aryl methyl sites for hydroxylation is 2. The van der Waals surface area contributed by atoms with Crippen LogP contribution in [0.25, 0.3) is 11.6 Å². The smallest absolute Gasteiger partial charge is 0.150 e. The highest BCUT2D eigenvalue weighted by atomic mass is 16.5. The number of phenolic OH excluding ortho intramolecular Hbond substituents is 1. The van der Waals surface area contributed by atoms with E-state index in [-0.39, 0.29) is 5.75 Å². The first-order valence-electron chi connectivity index (χ1n) is 8.46. The molecule has 0 aromatic heterocycles. The van der Waals surface area contributed by atoms with Gasteiger partial charge in [-0.2, -0.15) is 0 Å². The summed E-state index contributed by atoms with van der Waals surface area (Å²) in [4.78, 5) is 11.6. The number of carbonyl (C=O) groups is 1. The van der Waals surface area contributed by atoms with E-state index in [0.717, 1.165) is 66.6 Å². The van der Waals surface area contributed by atoms with Crippen molar-refractivity contribution >= 4 is 17.9 Å². The third-order valence-electron chi connectivity index (χ3n) is 4.38. The van der Waals surface area contributed by atoms with Crippen LogP contribution in [-0.4, -0.2) is 18.0 Å². The minimum Gasteiger partial charge on any atom is -0.508 e. The Morgan fingerprint density at radius 2 is 1.96 bits per heavy atom. The molecule has 0 saturated heterocycles. The van der Waals surface area contributed by atoms with E-state index in [4.69, 9.17) is 4.74 Å². The Kier molecular flexibility index (Phi) is 4.99. The highest BCUT2D eigenvalue weighted by Gasteiger charge is 2.14. The molecule has 1 N–H and O–H groups in total. The zero-order chi connectivity index (χ0) is 16.9. The van der Waals surface area contributed by atoms with Crippen LogP contribution in [0.15, 0.2) is 36.4 Å². The van der Waals surface area contributed by atoms with Crippen LogP contribution in [0.1, 0.15) is 42.0 Å². The number of carbonyl (C=O) groups excluding carboxylic acids is 1. The maximum atomic E-state index is 11.6. The summed E-state index contributed by atoms with van der Waals surface area (Å²) < 4.78 is 5.80. The normalized spacial score (nSPS) is 15.3. The van der Waals surface area contributed by atoms with E-state index in [1.54, 1.807) is 12.1 Å². The van der Waals surface area contributed by atoms with Crippen molar-refractivity contribution < 1.29 is 14.6 Å². The van der Waals surface area contributed by atoms with Gasteiger partial charge in [0.2, 0.25) is 0 Å². The number of benzene rings is 2. The Bertz CT molecular complexity index is 775. The Hall–Kier alpha value is -2.55. The molecule has 0 atom stereocenters. The highest BCUT2D eigenvalue weighted by molar-refractivity contribution is 6.14. The molecule has 0 spiro atoms. The average molecular weight is 322 g/mol. The predicted octanol–water partition coefficient (Wildman–Crippen LogP) is 4.41. The minimum atomic E-state index is 0.233. The minimum absolute atomic E-state index is 0.233. The lowest BCUT2D eigenvalue weighted by Crippen LogP contribution is -2.04. The number of phenols is 1. The number of ether oxygens (including phenoxy) is 1. The summed E-state index contributed by atoms with van der Waals surface area (Å²) in [6, 6.07) is 11.2. The predicted molar refractivity (Wildman–Crippen MR) is 96.3 cm³/mol. The standard InChI is InChI=1S/C21H22O3/c1-2-3-10-24-20-8-6-15-11-18(14-22)21-9-7-19(23)12-17(21)5-4-16(15)13-20/h6-9,11-14,23H,2-5,10H2,1H3/b18-11-. The lowest BCUT2D eigenvalue weighted by atomic mass is 9.89. The third kappa shape index (κ3) is 3.51. The van der Waals surface area contributed by atoms with Gasteiger partial charge in [0.05, 0.1) is 6.61 Å². The molecule has 3 nitrogen and oxygen atoms in total. The van der Waals surface area contributed by atoms with Gasteiger partial charge in [0.15, 0.2) is 6.29 Å². The summed E-state index contributed by atoms with van der Waals surface area (Å²) in [6.07, 6.45) is 6.58. The number of allylic oxidation sites excluding steroid dienone is 1. The molecular formula is C21H22O3. The summed E-state index contributed by atoms with van der Waals surface area (Å²) in [5.74, 6) is 1.11. The van der Waals surface area contributed by atoms with Crippen molar-refractivity contribution in [3.05, 3.63) is 58.7 Å². The van der Waals surface area contributed by atoms with Crippen molar-refractivity contribution in [1.29, 1.82) is 0 Å². The molecule has 3 heteroatoms. The van der Waals surface area contributed by atoms with Crippen LogP contribution in [0, 0.1) is 0 Å². The summed E-state index contributed by atoms with van der Waals surface area (Å²) in [5.41, 5.74) is 4.76. The lowest BCUT2D eigenvalue weighted by molar-refractivity contribution is -0.103. The number of hydrogen-bond acceptors (Lipinski definition) is 3. The zero-order valence-electron chi connectivity index (χ0n) is 13.9. The second-order valence-electron chi connectivity index (χ2n) is 6.12. The molecule has 0 fully saturated rings. The first-order valence-corrected chi connectivity index (χ1v) is 8.46. The summed E-state index contributed by atoms with van der Waals surface area (Å²) >= 11 is 0. The van der Waals surface area contributed by atoms with E-state index in [1.165, 1.54) is 0 Å². The summed E-state index contributed by atoms with van der Waals surface area (Å²) in [7, 11) is 0. The molecule has 0 heterocycles. The summed E-state index contributed by atoms with van der Waals surface area (Å²) in [6.45, 7) is 2.86. The van der Waals surface area contributed by atoms with Gasteiger partial charge in [0.1, 0.15) is 11.5 Å². The van der Waals surface area contributed by atoms with Gasteiger partial charge in [0, 0.05) is 5.57 Å². The molecule has 0 radical (unpaired) electrons. The molecule has 1 aliphatic carbocycles. The van der Waals surface area contributed by atoms with Gasteiger partial charge < -0.3 is 9.84 Å². The van der Waals surface area contributed by atoms with E-state index >= 15 is 0 Å². The van der Waals surface area contributed by atoms with Crippen molar-refractivity contribution in [2.75, 3.05) is 6.61 Å². The molecular weight excluding hydrogens is 300 g/mol. The largest absolute Gasteiger partial charge is 0.508 e. The van der Waals surface area contributed by atoms with E-state index in [1.807, 2.05) is 24.3 Å². The van der Waals surface area contributed by atoms with Crippen molar-refractivity contribution in [3.63, 3.8) is 0 Å². The fourth-order valence-electron chi connectivity index (χ4n) is 3.04. The first kappa shape index (κ1) is 16.3. The zero-order valence-corrected chi connectivity index (χ0v) is 13.9. The molecule has 24 heavy (non-hydrogen) atoms. The average Bonchev–Trinajstić information content (AvgIpc) is 2.58. The Labute approximate surface area is 142 Å². The Morgan fingerprint density at radius 1 is 1.12 bits per heavy atom. The van der Waals surface area contributed by atoms with Crippen LogP contribution < -0.4 is 4.74 Å². The molecule has 2 aromatic carbocycles. The Morgan fingerprint density at radius 3 is 2.75 bits per heavy atom. The van der Waals surface area contributed by atoms with Crippen LogP contribution in [0.3, 0.4) is 0 Å². The maximum Gasteiger partial charge on any atom is 0.150 e. The first-order chi connectivity index (χ1) is 11.7. The molecule has 0 unspecified atom stereocenters. The monoisotopic (exact) mass is 322 g/mol. The number of fused-ring (bicyclic) bond motifs is 2. The van der Waals surface area contributed by atoms with Gasteiger partial charge in [-0.05, 0) is 71.9 Å². The van der Waals surface area contributed by atoms with E-state index in [9.17, 15) is 9.90 Å². The summed E-state index contributed by atoms with van der Waals surface area (Å²) in [5, 5.41) is 9.74. The van der Waals surface area contributed by atoms with Gasteiger partial charge >= 0.3 is 0 Å². The van der Waals surface area contributed by atoms with Crippen molar-refractivity contribution in [1.82, 2.24) is 0 Å². The molecule has 0 amide bonds. The number of aromatic hydroxyl groups is 1.